The van der Waals surface area contributed by atoms with E-state index in [1.165, 1.54) is 0 Å². The predicted molar refractivity (Wildman–Crippen MR) is 134 cm³/mol. The van der Waals surface area contributed by atoms with Crippen molar-refractivity contribution in [3.63, 3.8) is 0 Å². The van der Waals surface area contributed by atoms with Crippen molar-refractivity contribution in [1.82, 2.24) is 10.3 Å². The Hall–Kier alpha value is -3.91. The van der Waals surface area contributed by atoms with Crippen LogP contribution >= 0.6 is 0 Å². The van der Waals surface area contributed by atoms with Crippen LogP contribution in [0.2, 0.25) is 0 Å². The second-order valence-corrected chi connectivity index (χ2v) is 7.92. The van der Waals surface area contributed by atoms with E-state index >= 15 is 0 Å². The van der Waals surface area contributed by atoms with Gasteiger partial charge < -0.3 is 26.4 Å². The van der Waals surface area contributed by atoms with Crippen molar-refractivity contribution in [2.75, 3.05) is 17.2 Å². The number of benzene rings is 2. The molecule has 1 heterocycles. The maximum absolute atomic E-state index is 12.8. The first-order chi connectivity index (χ1) is 16.5. The van der Waals surface area contributed by atoms with E-state index < -0.39 is 12.1 Å². The van der Waals surface area contributed by atoms with E-state index in [2.05, 4.69) is 20.9 Å². The molecule has 8 nitrogen and oxygen atoms in total. The number of nitrogens with one attached hydrogen (secondary N) is 3. The van der Waals surface area contributed by atoms with Crippen LogP contribution in [0.1, 0.15) is 30.5 Å². The van der Waals surface area contributed by atoms with Crippen molar-refractivity contribution >= 4 is 23.3 Å². The molecule has 2 aromatic carbocycles. The Morgan fingerprint density at radius 1 is 0.941 bits per heavy atom. The van der Waals surface area contributed by atoms with Crippen molar-refractivity contribution in [1.29, 1.82) is 0 Å². The van der Waals surface area contributed by atoms with Crippen LogP contribution in [0.15, 0.2) is 72.9 Å². The normalized spacial score (nSPS) is 11.4. The zero-order chi connectivity index (χ0) is 24.2. The SMILES string of the molecule is Cc1ccc(NC(=O)[C@H](CCCCN)NC(=O)Nc2ccc(OCc3ccccn3)cc2)cc1. The summed E-state index contributed by atoms with van der Waals surface area (Å²) in [6, 6.07) is 19.0. The van der Waals surface area contributed by atoms with E-state index in [4.69, 9.17) is 10.5 Å². The second kappa shape index (κ2) is 13.0. The Kier molecular flexibility index (Phi) is 9.42. The molecular formula is C26H31N5O3. The number of pyridine rings is 1. The number of aryl methyl sites for hydroxylation is 1. The third-order valence-electron chi connectivity index (χ3n) is 5.11. The van der Waals surface area contributed by atoms with Gasteiger partial charge >= 0.3 is 6.03 Å². The molecule has 0 aliphatic rings. The van der Waals surface area contributed by atoms with Crippen LogP contribution < -0.4 is 26.4 Å². The minimum Gasteiger partial charge on any atom is -0.487 e. The molecule has 0 bridgehead atoms. The van der Waals surface area contributed by atoms with Crippen LogP contribution in [0.4, 0.5) is 16.2 Å². The summed E-state index contributed by atoms with van der Waals surface area (Å²) in [5.74, 6) is 0.392. The lowest BCUT2D eigenvalue weighted by Crippen LogP contribution is -2.45. The number of hydrogen-bond acceptors (Lipinski definition) is 5. The average Bonchev–Trinajstić information content (AvgIpc) is 2.85. The molecule has 3 amide bonds. The largest absolute Gasteiger partial charge is 0.487 e. The van der Waals surface area contributed by atoms with E-state index in [9.17, 15) is 9.59 Å². The third-order valence-corrected chi connectivity index (χ3v) is 5.11. The summed E-state index contributed by atoms with van der Waals surface area (Å²) in [5.41, 5.74) is 8.78. The number of nitrogens with zero attached hydrogens (tertiary/aromatic N) is 1. The molecular weight excluding hydrogens is 430 g/mol. The van der Waals surface area contributed by atoms with Crippen LogP contribution in [0.25, 0.3) is 0 Å². The number of hydrogen-bond donors (Lipinski definition) is 4. The number of aromatic nitrogens is 1. The van der Waals surface area contributed by atoms with Gasteiger partial charge in [0.15, 0.2) is 0 Å². The molecule has 8 heteroatoms. The molecule has 3 aromatic rings. The lowest BCUT2D eigenvalue weighted by Gasteiger charge is -2.19. The molecule has 0 fully saturated rings. The molecule has 0 unspecified atom stereocenters. The van der Waals surface area contributed by atoms with Gasteiger partial charge in [0.25, 0.3) is 0 Å². The number of anilines is 2. The molecule has 34 heavy (non-hydrogen) atoms. The van der Waals surface area contributed by atoms with Crippen molar-refractivity contribution in [2.45, 2.75) is 38.8 Å². The molecule has 178 valence electrons. The fraction of sp³-hybridized carbons (Fsp3) is 0.269. The summed E-state index contributed by atoms with van der Waals surface area (Å²) < 4.78 is 5.71. The zero-order valence-corrected chi connectivity index (χ0v) is 19.3. The average molecular weight is 462 g/mol. The summed E-state index contributed by atoms with van der Waals surface area (Å²) in [7, 11) is 0. The van der Waals surface area contributed by atoms with Gasteiger partial charge in [-0.05, 0) is 81.3 Å². The van der Waals surface area contributed by atoms with Gasteiger partial charge in [-0.3, -0.25) is 9.78 Å². The highest BCUT2D eigenvalue weighted by molar-refractivity contribution is 5.99. The zero-order valence-electron chi connectivity index (χ0n) is 19.3. The lowest BCUT2D eigenvalue weighted by atomic mass is 10.1. The minimum absolute atomic E-state index is 0.269. The molecule has 1 atom stereocenters. The van der Waals surface area contributed by atoms with Gasteiger partial charge in [-0.25, -0.2) is 4.79 Å². The number of urea groups is 1. The Morgan fingerprint density at radius 2 is 1.65 bits per heavy atom. The van der Waals surface area contributed by atoms with E-state index in [-0.39, 0.29) is 5.91 Å². The predicted octanol–water partition coefficient (Wildman–Crippen LogP) is 4.23. The Labute approximate surface area is 199 Å². The maximum Gasteiger partial charge on any atom is 0.319 e. The molecule has 0 aliphatic heterocycles. The molecule has 0 radical (unpaired) electrons. The van der Waals surface area contributed by atoms with Crippen LogP contribution in [-0.4, -0.2) is 29.5 Å². The fourth-order valence-corrected chi connectivity index (χ4v) is 3.23. The lowest BCUT2D eigenvalue weighted by molar-refractivity contribution is -0.118. The van der Waals surface area contributed by atoms with Gasteiger partial charge in [0.05, 0.1) is 5.69 Å². The van der Waals surface area contributed by atoms with Gasteiger partial charge in [0.1, 0.15) is 18.4 Å². The summed E-state index contributed by atoms with van der Waals surface area (Å²) >= 11 is 0. The first kappa shape index (κ1) is 24.7. The summed E-state index contributed by atoms with van der Waals surface area (Å²) in [6.45, 7) is 2.87. The van der Waals surface area contributed by atoms with E-state index in [0.717, 1.165) is 24.1 Å². The van der Waals surface area contributed by atoms with E-state index in [1.807, 2.05) is 49.4 Å². The fourth-order valence-electron chi connectivity index (χ4n) is 3.23. The molecule has 0 aliphatic carbocycles. The number of ether oxygens (including phenoxy) is 1. The van der Waals surface area contributed by atoms with E-state index in [0.29, 0.717) is 36.7 Å². The Balaban J connectivity index is 1.54. The van der Waals surface area contributed by atoms with Crippen molar-refractivity contribution in [3.8, 4) is 5.75 Å². The number of nitrogens with two attached hydrogens (primary N) is 1. The highest BCUT2D eigenvalue weighted by Crippen LogP contribution is 2.17. The van der Waals surface area contributed by atoms with Gasteiger partial charge in [-0.2, -0.15) is 0 Å². The topological polar surface area (TPSA) is 118 Å². The number of amides is 3. The van der Waals surface area contributed by atoms with Crippen molar-refractivity contribution < 1.29 is 14.3 Å². The van der Waals surface area contributed by atoms with Crippen LogP contribution in [0.3, 0.4) is 0 Å². The van der Waals surface area contributed by atoms with Gasteiger partial charge in [0.2, 0.25) is 5.91 Å². The van der Waals surface area contributed by atoms with Crippen LogP contribution in [-0.2, 0) is 11.4 Å². The number of unbranched alkanes of at least 4 members (excludes halogenated alkanes) is 1. The number of carbonyl (C=O) groups is 2. The van der Waals surface area contributed by atoms with Gasteiger partial charge in [-0.1, -0.05) is 23.8 Å². The van der Waals surface area contributed by atoms with Crippen LogP contribution in [0, 0.1) is 6.92 Å². The molecule has 0 saturated heterocycles. The van der Waals surface area contributed by atoms with Gasteiger partial charge in [0, 0.05) is 17.6 Å². The smallest absolute Gasteiger partial charge is 0.319 e. The number of carbonyl (C=O) groups excluding carboxylic acids is 2. The first-order valence-corrected chi connectivity index (χ1v) is 11.3. The monoisotopic (exact) mass is 461 g/mol. The minimum atomic E-state index is -0.686. The Bertz CT molecular complexity index is 1040. The van der Waals surface area contributed by atoms with Crippen LogP contribution in [0.5, 0.6) is 5.75 Å². The van der Waals surface area contributed by atoms with E-state index in [1.54, 1.807) is 30.5 Å². The second-order valence-electron chi connectivity index (χ2n) is 7.92. The van der Waals surface area contributed by atoms with Crippen molar-refractivity contribution in [3.05, 3.63) is 84.2 Å². The first-order valence-electron chi connectivity index (χ1n) is 11.3. The Morgan fingerprint density at radius 3 is 2.32 bits per heavy atom. The summed E-state index contributed by atoms with van der Waals surface area (Å²) in [5, 5.41) is 8.41. The summed E-state index contributed by atoms with van der Waals surface area (Å²) in [6.07, 6.45) is 3.71. The summed E-state index contributed by atoms with van der Waals surface area (Å²) in [4.78, 5) is 29.6. The molecule has 1 aromatic heterocycles. The quantitative estimate of drug-likeness (QED) is 0.319. The molecule has 3 rings (SSSR count). The molecule has 0 spiro atoms. The third kappa shape index (κ3) is 8.22. The molecule has 0 saturated carbocycles. The maximum atomic E-state index is 12.8. The van der Waals surface area contributed by atoms with Gasteiger partial charge in [-0.15, -0.1) is 0 Å². The molecule has 5 N–H and O–H groups in total. The standard InChI is InChI=1S/C26H31N5O3/c1-19-8-10-20(11-9-19)29-25(32)24(7-2-4-16-27)31-26(33)30-21-12-14-23(15-13-21)34-18-22-6-3-5-17-28-22/h3,5-6,8-15,17,24H,2,4,7,16,18,27H2,1H3,(H,29,32)(H2,30,31,33)/t24-/m0/s1. The number of rotatable bonds is 11. The highest BCUT2D eigenvalue weighted by atomic mass is 16.5. The van der Waals surface area contributed by atoms with Crippen molar-refractivity contribution in [2.24, 2.45) is 5.73 Å². The highest BCUT2D eigenvalue weighted by Gasteiger charge is 2.20.